The zero-order valence-corrected chi connectivity index (χ0v) is 16.7. The van der Waals surface area contributed by atoms with E-state index in [1.165, 1.54) is 5.56 Å². The van der Waals surface area contributed by atoms with E-state index in [1.54, 1.807) is 12.4 Å². The maximum Gasteiger partial charge on any atom is 0.258 e. The molecule has 0 radical (unpaired) electrons. The van der Waals surface area contributed by atoms with Gasteiger partial charge in [-0.1, -0.05) is 48.0 Å². The number of carbonyl (C=O) groups excluding carboxylic acids is 1. The Morgan fingerprint density at radius 2 is 1.66 bits per heavy atom. The molecule has 1 aromatic heterocycles. The van der Waals surface area contributed by atoms with E-state index in [1.807, 2.05) is 31.2 Å². The van der Waals surface area contributed by atoms with E-state index in [2.05, 4.69) is 50.5 Å². The van der Waals surface area contributed by atoms with Crippen molar-refractivity contribution in [2.45, 2.75) is 26.2 Å². The second-order valence-corrected chi connectivity index (χ2v) is 7.71. The topological polar surface area (TPSA) is 58.1 Å². The van der Waals surface area contributed by atoms with Crippen LogP contribution < -0.4 is 10.2 Å². The van der Waals surface area contributed by atoms with Crippen molar-refractivity contribution in [1.82, 2.24) is 9.97 Å². The summed E-state index contributed by atoms with van der Waals surface area (Å²) in [5.74, 6) is 1.21. The molecule has 2 heterocycles. The molecule has 0 saturated carbocycles. The Hall–Kier alpha value is -3.21. The lowest BCUT2D eigenvalue weighted by molar-refractivity contribution is 0.102. The van der Waals surface area contributed by atoms with Crippen LogP contribution in [0.25, 0.3) is 0 Å². The Morgan fingerprint density at radius 3 is 2.31 bits per heavy atom. The van der Waals surface area contributed by atoms with Crippen LogP contribution in [0.2, 0.25) is 0 Å². The first-order valence-corrected chi connectivity index (χ1v) is 10.2. The summed E-state index contributed by atoms with van der Waals surface area (Å²) in [5.41, 5.74) is 3.80. The summed E-state index contributed by atoms with van der Waals surface area (Å²) in [6.45, 7) is 3.92. The number of carbonyl (C=O) groups is 1. The Kier molecular flexibility index (Phi) is 5.84. The molecule has 29 heavy (non-hydrogen) atoms. The third-order valence-corrected chi connectivity index (χ3v) is 5.47. The molecule has 2 aromatic carbocycles. The van der Waals surface area contributed by atoms with E-state index >= 15 is 0 Å². The van der Waals surface area contributed by atoms with Crippen molar-refractivity contribution in [2.75, 3.05) is 23.3 Å². The molecule has 1 aliphatic heterocycles. The molecular weight excluding hydrogens is 360 g/mol. The summed E-state index contributed by atoms with van der Waals surface area (Å²) in [7, 11) is 0. The van der Waals surface area contributed by atoms with Gasteiger partial charge in [0.25, 0.3) is 5.91 Å². The minimum atomic E-state index is -0.193. The van der Waals surface area contributed by atoms with Crippen molar-refractivity contribution in [2.24, 2.45) is 5.92 Å². The number of amides is 1. The van der Waals surface area contributed by atoms with E-state index in [0.717, 1.165) is 43.6 Å². The quantitative estimate of drug-likeness (QED) is 0.702. The molecule has 5 heteroatoms. The summed E-state index contributed by atoms with van der Waals surface area (Å²) < 4.78 is 0. The normalized spacial score (nSPS) is 14.6. The van der Waals surface area contributed by atoms with Crippen molar-refractivity contribution in [1.29, 1.82) is 0 Å². The molecule has 4 rings (SSSR count). The molecule has 1 fully saturated rings. The Morgan fingerprint density at radius 1 is 1.00 bits per heavy atom. The van der Waals surface area contributed by atoms with Gasteiger partial charge in [0.2, 0.25) is 5.95 Å². The van der Waals surface area contributed by atoms with Crippen LogP contribution in [0.15, 0.2) is 67.0 Å². The molecule has 1 amide bonds. The predicted molar refractivity (Wildman–Crippen MR) is 116 cm³/mol. The van der Waals surface area contributed by atoms with Gasteiger partial charge in [-0.25, -0.2) is 9.97 Å². The first-order valence-electron chi connectivity index (χ1n) is 10.2. The fraction of sp³-hybridized carbons (Fsp3) is 0.292. The number of hydrogen-bond acceptors (Lipinski definition) is 4. The highest BCUT2D eigenvalue weighted by Gasteiger charge is 2.21. The predicted octanol–water partition coefficient (Wildman–Crippen LogP) is 4.50. The van der Waals surface area contributed by atoms with Crippen LogP contribution >= 0.6 is 0 Å². The number of aryl methyl sites for hydroxylation is 1. The number of rotatable bonds is 5. The van der Waals surface area contributed by atoms with Gasteiger partial charge < -0.3 is 10.2 Å². The average Bonchev–Trinajstić information content (AvgIpc) is 2.77. The number of aromatic nitrogens is 2. The molecule has 0 aliphatic carbocycles. The van der Waals surface area contributed by atoms with Crippen LogP contribution in [0, 0.1) is 12.8 Å². The van der Waals surface area contributed by atoms with Gasteiger partial charge in [-0.05, 0) is 49.8 Å². The molecule has 148 valence electrons. The van der Waals surface area contributed by atoms with Crippen LogP contribution in [0.5, 0.6) is 0 Å². The number of nitrogens with one attached hydrogen (secondary N) is 1. The molecule has 0 atom stereocenters. The lowest BCUT2D eigenvalue weighted by atomic mass is 9.90. The minimum Gasteiger partial charge on any atom is -0.341 e. The number of benzene rings is 2. The summed E-state index contributed by atoms with van der Waals surface area (Å²) in [6.07, 6.45) is 6.62. The SMILES string of the molecule is Cc1ccc(NC(=O)c2cnc(N3CCC(Cc4ccccc4)CC3)nc2)cc1. The second kappa shape index (κ2) is 8.86. The van der Waals surface area contributed by atoms with Crippen molar-refractivity contribution < 1.29 is 4.79 Å². The Labute approximate surface area is 171 Å². The van der Waals surface area contributed by atoms with Gasteiger partial charge >= 0.3 is 0 Å². The summed E-state index contributed by atoms with van der Waals surface area (Å²) in [4.78, 5) is 23.5. The van der Waals surface area contributed by atoms with Crippen molar-refractivity contribution >= 4 is 17.5 Å². The fourth-order valence-electron chi connectivity index (χ4n) is 3.73. The van der Waals surface area contributed by atoms with E-state index < -0.39 is 0 Å². The molecule has 5 nitrogen and oxygen atoms in total. The van der Waals surface area contributed by atoms with Crippen LogP contribution in [0.1, 0.15) is 34.3 Å². The van der Waals surface area contributed by atoms with Crippen LogP contribution in [-0.2, 0) is 6.42 Å². The van der Waals surface area contributed by atoms with E-state index in [-0.39, 0.29) is 5.91 Å². The van der Waals surface area contributed by atoms with Gasteiger partial charge in [0, 0.05) is 31.2 Å². The summed E-state index contributed by atoms with van der Waals surface area (Å²) >= 11 is 0. The highest BCUT2D eigenvalue weighted by atomic mass is 16.1. The summed E-state index contributed by atoms with van der Waals surface area (Å²) in [6, 6.07) is 18.4. The van der Waals surface area contributed by atoms with Crippen LogP contribution in [0.4, 0.5) is 11.6 Å². The van der Waals surface area contributed by atoms with Gasteiger partial charge in [0.1, 0.15) is 0 Å². The van der Waals surface area contributed by atoms with Crippen molar-refractivity contribution in [3.05, 3.63) is 83.7 Å². The van der Waals surface area contributed by atoms with Gasteiger partial charge in [-0.15, -0.1) is 0 Å². The van der Waals surface area contributed by atoms with Crippen molar-refractivity contribution in [3.63, 3.8) is 0 Å². The smallest absolute Gasteiger partial charge is 0.258 e. The first kappa shape index (κ1) is 19.1. The zero-order valence-electron chi connectivity index (χ0n) is 16.7. The monoisotopic (exact) mass is 386 g/mol. The van der Waals surface area contributed by atoms with Gasteiger partial charge in [0.15, 0.2) is 0 Å². The Balaban J connectivity index is 1.31. The molecule has 1 N–H and O–H groups in total. The summed E-state index contributed by atoms with van der Waals surface area (Å²) in [5, 5.41) is 2.88. The van der Waals surface area contributed by atoms with E-state index in [9.17, 15) is 4.79 Å². The zero-order chi connectivity index (χ0) is 20.1. The molecule has 0 spiro atoms. The first-order chi connectivity index (χ1) is 14.2. The fourth-order valence-corrected chi connectivity index (χ4v) is 3.73. The molecule has 3 aromatic rings. The van der Waals surface area contributed by atoms with Gasteiger partial charge in [-0.3, -0.25) is 4.79 Å². The number of nitrogens with zero attached hydrogens (tertiary/aromatic N) is 3. The van der Waals surface area contributed by atoms with Gasteiger partial charge in [-0.2, -0.15) is 0 Å². The Bertz CT molecular complexity index is 931. The third-order valence-electron chi connectivity index (χ3n) is 5.47. The molecular formula is C24H26N4O. The highest BCUT2D eigenvalue weighted by molar-refractivity contribution is 6.03. The largest absolute Gasteiger partial charge is 0.341 e. The second-order valence-electron chi connectivity index (χ2n) is 7.71. The van der Waals surface area contributed by atoms with Crippen LogP contribution in [-0.4, -0.2) is 29.0 Å². The van der Waals surface area contributed by atoms with E-state index in [4.69, 9.17) is 0 Å². The number of piperidine rings is 1. The average molecular weight is 386 g/mol. The highest BCUT2D eigenvalue weighted by Crippen LogP contribution is 2.24. The van der Waals surface area contributed by atoms with Crippen LogP contribution in [0.3, 0.4) is 0 Å². The minimum absolute atomic E-state index is 0.193. The van der Waals surface area contributed by atoms with E-state index in [0.29, 0.717) is 17.4 Å². The third kappa shape index (κ3) is 4.99. The molecule has 0 unspecified atom stereocenters. The molecule has 0 bridgehead atoms. The number of anilines is 2. The maximum absolute atomic E-state index is 12.4. The molecule has 1 aliphatic rings. The molecule has 1 saturated heterocycles. The maximum atomic E-state index is 12.4. The number of hydrogen-bond donors (Lipinski definition) is 1. The van der Waals surface area contributed by atoms with Crippen molar-refractivity contribution in [3.8, 4) is 0 Å². The lowest BCUT2D eigenvalue weighted by Gasteiger charge is -2.32. The van der Waals surface area contributed by atoms with Gasteiger partial charge in [0.05, 0.1) is 5.56 Å². The lowest BCUT2D eigenvalue weighted by Crippen LogP contribution is -2.35. The standard InChI is InChI=1S/C24H26N4O/c1-18-7-9-22(10-8-18)27-23(29)21-16-25-24(26-17-21)28-13-11-20(12-14-28)15-19-5-3-2-4-6-19/h2-10,16-17,20H,11-15H2,1H3,(H,27,29).